The van der Waals surface area contributed by atoms with Gasteiger partial charge in [-0.2, -0.15) is 0 Å². The Balaban J connectivity index is 1.48. The van der Waals surface area contributed by atoms with E-state index < -0.39 is 0 Å². The quantitative estimate of drug-likeness (QED) is 0.424. The standard InChI is InChI=1S/C20H15ClFN3OS2/c21-15-5-1-13(2-6-15)11-27-12-17(26)23-19-18(14-3-7-16(22)8-4-14)24-20-25(19)9-10-28-20/h1-10H,11-12H2,(H,23,26). The lowest BCUT2D eigenvalue weighted by Gasteiger charge is -2.07. The number of hydrogen-bond acceptors (Lipinski definition) is 4. The Labute approximate surface area is 174 Å². The fourth-order valence-corrected chi connectivity index (χ4v) is 4.35. The van der Waals surface area contributed by atoms with Crippen LogP contribution in [0.1, 0.15) is 5.56 Å². The van der Waals surface area contributed by atoms with Crippen molar-refractivity contribution in [1.82, 2.24) is 9.38 Å². The summed E-state index contributed by atoms with van der Waals surface area (Å²) in [7, 11) is 0. The summed E-state index contributed by atoms with van der Waals surface area (Å²) in [6.07, 6.45) is 1.86. The first kappa shape index (κ1) is 19.0. The van der Waals surface area contributed by atoms with Crippen LogP contribution in [-0.4, -0.2) is 21.0 Å². The largest absolute Gasteiger partial charge is 0.309 e. The molecule has 28 heavy (non-hydrogen) atoms. The third-order valence-electron chi connectivity index (χ3n) is 4.05. The van der Waals surface area contributed by atoms with E-state index in [1.807, 2.05) is 40.2 Å². The number of carbonyl (C=O) groups is 1. The molecule has 2 aromatic carbocycles. The van der Waals surface area contributed by atoms with Crippen molar-refractivity contribution in [2.24, 2.45) is 0 Å². The first-order valence-electron chi connectivity index (χ1n) is 8.44. The van der Waals surface area contributed by atoms with Gasteiger partial charge in [0.05, 0.1) is 5.75 Å². The van der Waals surface area contributed by atoms with Gasteiger partial charge in [0, 0.05) is 27.9 Å². The maximum absolute atomic E-state index is 13.3. The molecular formula is C20H15ClFN3OS2. The van der Waals surface area contributed by atoms with Crippen LogP contribution in [0.5, 0.6) is 0 Å². The van der Waals surface area contributed by atoms with Crippen molar-refractivity contribution in [2.45, 2.75) is 5.75 Å². The molecule has 4 aromatic rings. The molecule has 0 fully saturated rings. The molecule has 0 aliphatic carbocycles. The zero-order valence-corrected chi connectivity index (χ0v) is 17.0. The van der Waals surface area contributed by atoms with Gasteiger partial charge < -0.3 is 5.32 Å². The van der Waals surface area contributed by atoms with E-state index in [9.17, 15) is 9.18 Å². The average molecular weight is 432 g/mol. The minimum absolute atomic E-state index is 0.115. The second-order valence-corrected chi connectivity index (χ2v) is 8.33. The number of nitrogens with zero attached hydrogens (tertiary/aromatic N) is 2. The van der Waals surface area contributed by atoms with E-state index in [2.05, 4.69) is 10.3 Å². The van der Waals surface area contributed by atoms with Gasteiger partial charge >= 0.3 is 0 Å². The van der Waals surface area contributed by atoms with E-state index in [0.717, 1.165) is 21.8 Å². The molecule has 142 valence electrons. The van der Waals surface area contributed by atoms with Crippen LogP contribution >= 0.6 is 34.7 Å². The molecule has 4 rings (SSSR count). The Kier molecular flexibility index (Phi) is 5.66. The Morgan fingerprint density at radius 3 is 2.68 bits per heavy atom. The average Bonchev–Trinajstić information content (AvgIpc) is 3.27. The van der Waals surface area contributed by atoms with Crippen molar-refractivity contribution < 1.29 is 9.18 Å². The summed E-state index contributed by atoms with van der Waals surface area (Å²) >= 11 is 8.88. The van der Waals surface area contributed by atoms with Crippen molar-refractivity contribution in [3.63, 3.8) is 0 Å². The number of thioether (sulfide) groups is 1. The topological polar surface area (TPSA) is 46.4 Å². The van der Waals surface area contributed by atoms with Crippen LogP contribution in [0.15, 0.2) is 60.1 Å². The molecule has 1 N–H and O–H groups in total. The maximum atomic E-state index is 13.3. The highest BCUT2D eigenvalue weighted by molar-refractivity contribution is 7.99. The normalized spacial score (nSPS) is 11.1. The highest BCUT2D eigenvalue weighted by Gasteiger charge is 2.17. The Morgan fingerprint density at radius 2 is 1.93 bits per heavy atom. The number of thiazole rings is 1. The summed E-state index contributed by atoms with van der Waals surface area (Å²) in [5.41, 5.74) is 2.49. The van der Waals surface area contributed by atoms with E-state index in [-0.39, 0.29) is 11.7 Å². The Morgan fingerprint density at radius 1 is 1.18 bits per heavy atom. The number of rotatable bonds is 6. The fourth-order valence-electron chi connectivity index (χ4n) is 2.72. The van der Waals surface area contributed by atoms with Gasteiger partial charge in [0.2, 0.25) is 5.91 Å². The van der Waals surface area contributed by atoms with E-state index in [1.165, 1.54) is 35.2 Å². The van der Waals surface area contributed by atoms with Crippen LogP contribution in [0.3, 0.4) is 0 Å². The van der Waals surface area contributed by atoms with Crippen LogP contribution in [0.25, 0.3) is 16.2 Å². The second kappa shape index (κ2) is 8.34. The smallest absolute Gasteiger partial charge is 0.235 e. The van der Waals surface area contributed by atoms with E-state index in [4.69, 9.17) is 11.6 Å². The van der Waals surface area contributed by atoms with Gasteiger partial charge in [-0.15, -0.1) is 23.1 Å². The summed E-state index contributed by atoms with van der Waals surface area (Å²) < 4.78 is 15.1. The van der Waals surface area contributed by atoms with Gasteiger partial charge in [0.15, 0.2) is 4.96 Å². The fraction of sp³-hybridized carbons (Fsp3) is 0.100. The number of aromatic nitrogens is 2. The molecule has 0 aliphatic rings. The molecule has 0 atom stereocenters. The van der Waals surface area contributed by atoms with Gasteiger partial charge in [0.25, 0.3) is 0 Å². The molecule has 2 heterocycles. The molecule has 0 spiro atoms. The lowest BCUT2D eigenvalue weighted by atomic mass is 10.1. The van der Waals surface area contributed by atoms with Crippen LogP contribution in [-0.2, 0) is 10.5 Å². The number of imidazole rings is 1. The van der Waals surface area contributed by atoms with E-state index >= 15 is 0 Å². The minimum atomic E-state index is -0.311. The molecule has 0 aliphatic heterocycles. The summed E-state index contributed by atoms with van der Waals surface area (Å²) in [5.74, 6) is 1.20. The number of anilines is 1. The molecule has 4 nitrogen and oxygen atoms in total. The molecule has 1 amide bonds. The molecular weight excluding hydrogens is 417 g/mol. The van der Waals surface area contributed by atoms with Crippen molar-refractivity contribution in [1.29, 1.82) is 0 Å². The predicted molar refractivity (Wildman–Crippen MR) is 115 cm³/mol. The summed E-state index contributed by atoms with van der Waals surface area (Å²) in [4.78, 5) is 17.9. The molecule has 0 bridgehead atoms. The van der Waals surface area contributed by atoms with Crippen LogP contribution in [0, 0.1) is 5.82 Å². The second-order valence-electron chi connectivity index (χ2n) is 6.04. The third-order valence-corrected chi connectivity index (χ3v) is 6.07. The van der Waals surface area contributed by atoms with Crippen molar-refractivity contribution in [3.8, 4) is 11.3 Å². The lowest BCUT2D eigenvalue weighted by Crippen LogP contribution is -2.16. The van der Waals surface area contributed by atoms with Gasteiger partial charge in [0.1, 0.15) is 17.3 Å². The predicted octanol–water partition coefficient (Wildman–Crippen LogP) is 5.73. The first-order chi connectivity index (χ1) is 13.6. The highest BCUT2D eigenvalue weighted by Crippen LogP contribution is 2.31. The van der Waals surface area contributed by atoms with Crippen LogP contribution < -0.4 is 5.32 Å². The molecule has 0 unspecified atom stereocenters. The lowest BCUT2D eigenvalue weighted by molar-refractivity contribution is -0.113. The summed E-state index contributed by atoms with van der Waals surface area (Å²) in [6, 6.07) is 13.7. The van der Waals surface area contributed by atoms with Crippen molar-refractivity contribution >= 4 is 51.4 Å². The van der Waals surface area contributed by atoms with Crippen molar-refractivity contribution in [2.75, 3.05) is 11.1 Å². The number of fused-ring (bicyclic) bond motifs is 1. The number of nitrogens with one attached hydrogen (secondary N) is 1. The van der Waals surface area contributed by atoms with Gasteiger partial charge in [-0.1, -0.05) is 23.7 Å². The number of carbonyl (C=O) groups excluding carboxylic acids is 1. The summed E-state index contributed by atoms with van der Waals surface area (Å²) in [6.45, 7) is 0. The van der Waals surface area contributed by atoms with E-state index in [1.54, 1.807) is 12.1 Å². The third kappa shape index (κ3) is 4.22. The first-order valence-corrected chi connectivity index (χ1v) is 10.8. The molecule has 0 saturated carbocycles. The van der Waals surface area contributed by atoms with E-state index in [0.29, 0.717) is 22.3 Å². The monoisotopic (exact) mass is 431 g/mol. The van der Waals surface area contributed by atoms with Crippen molar-refractivity contribution in [3.05, 3.63) is 76.5 Å². The number of hydrogen-bond donors (Lipinski definition) is 1. The molecule has 2 aromatic heterocycles. The van der Waals surface area contributed by atoms with Crippen LogP contribution in [0.2, 0.25) is 5.02 Å². The molecule has 0 saturated heterocycles. The number of halogens is 2. The SMILES string of the molecule is O=C(CSCc1ccc(Cl)cc1)Nc1c(-c2ccc(F)cc2)nc2sccn12. The summed E-state index contributed by atoms with van der Waals surface area (Å²) in [5, 5.41) is 5.56. The number of amides is 1. The number of benzene rings is 2. The zero-order valence-electron chi connectivity index (χ0n) is 14.6. The minimum Gasteiger partial charge on any atom is -0.309 e. The van der Waals surface area contributed by atoms with Gasteiger partial charge in [-0.25, -0.2) is 9.37 Å². The Hall–Kier alpha value is -2.35. The molecule has 8 heteroatoms. The maximum Gasteiger partial charge on any atom is 0.235 e. The van der Waals surface area contributed by atoms with Gasteiger partial charge in [-0.3, -0.25) is 9.20 Å². The Bertz CT molecular complexity index is 1110. The van der Waals surface area contributed by atoms with Crippen LogP contribution in [0.4, 0.5) is 10.2 Å². The highest BCUT2D eigenvalue weighted by atomic mass is 35.5. The zero-order chi connectivity index (χ0) is 19.5. The molecule has 0 radical (unpaired) electrons. The van der Waals surface area contributed by atoms with Gasteiger partial charge in [-0.05, 0) is 42.0 Å².